The summed E-state index contributed by atoms with van der Waals surface area (Å²) in [5, 5.41) is 4.10. The number of carbonyl (C=O) groups is 1. The lowest BCUT2D eigenvalue weighted by atomic mass is 9.82. The Morgan fingerprint density at radius 2 is 2.17 bits per heavy atom. The molecule has 2 saturated heterocycles. The zero-order valence-corrected chi connectivity index (χ0v) is 14.4. The Kier molecular flexibility index (Phi) is 3.76. The Hall–Kier alpha value is -2.01. The van der Waals surface area contributed by atoms with Crippen molar-refractivity contribution in [1.29, 1.82) is 0 Å². The van der Waals surface area contributed by atoms with E-state index in [-0.39, 0.29) is 11.4 Å². The van der Waals surface area contributed by atoms with Gasteiger partial charge in [0.1, 0.15) is 11.3 Å². The lowest BCUT2D eigenvalue weighted by Crippen LogP contribution is -2.38. The molecule has 5 nitrogen and oxygen atoms in total. The Morgan fingerprint density at radius 3 is 2.96 bits per heavy atom. The van der Waals surface area contributed by atoms with Crippen LogP contribution in [0.5, 0.6) is 0 Å². The molecule has 3 heterocycles. The monoisotopic (exact) mass is 328 g/mol. The predicted molar refractivity (Wildman–Crippen MR) is 93.4 cm³/mol. The van der Waals surface area contributed by atoms with E-state index in [9.17, 15) is 4.79 Å². The fourth-order valence-electron chi connectivity index (χ4n) is 3.96. The summed E-state index contributed by atoms with van der Waals surface area (Å²) in [4.78, 5) is 14.5. The molecule has 24 heavy (non-hydrogen) atoms. The van der Waals surface area contributed by atoms with E-state index in [0.717, 1.165) is 73.5 Å². The molecule has 128 valence electrons. The molecule has 1 N–H and O–H groups in total. The minimum Gasteiger partial charge on any atom is -0.461 e. The third-order valence-corrected chi connectivity index (χ3v) is 5.56. The van der Waals surface area contributed by atoms with Crippen LogP contribution >= 0.6 is 0 Å². The Labute approximate surface area is 141 Å². The van der Waals surface area contributed by atoms with Gasteiger partial charge in [-0.3, -0.25) is 0 Å². The first-order chi connectivity index (χ1) is 11.6. The molecule has 2 aromatic rings. The fourth-order valence-corrected chi connectivity index (χ4v) is 3.96. The summed E-state index contributed by atoms with van der Waals surface area (Å²) in [5.74, 6) is 0.923. The average molecular weight is 328 g/mol. The highest BCUT2D eigenvalue weighted by Gasteiger charge is 2.41. The number of benzene rings is 1. The normalized spacial score (nSPS) is 24.0. The van der Waals surface area contributed by atoms with E-state index in [1.165, 1.54) is 0 Å². The van der Waals surface area contributed by atoms with Gasteiger partial charge in [0.25, 0.3) is 0 Å². The van der Waals surface area contributed by atoms with Crippen LogP contribution in [0.25, 0.3) is 11.0 Å². The van der Waals surface area contributed by atoms with Crippen LogP contribution in [0.15, 0.2) is 22.6 Å². The quantitative estimate of drug-likeness (QED) is 0.858. The minimum absolute atomic E-state index is 0.0188. The third-order valence-electron chi connectivity index (χ3n) is 5.56. The third kappa shape index (κ3) is 2.67. The smallest absolute Gasteiger partial charge is 0.321 e. The maximum Gasteiger partial charge on any atom is 0.321 e. The van der Waals surface area contributed by atoms with Crippen LogP contribution < -0.4 is 5.32 Å². The zero-order valence-electron chi connectivity index (χ0n) is 14.4. The van der Waals surface area contributed by atoms with Crippen molar-refractivity contribution in [3.63, 3.8) is 0 Å². The summed E-state index contributed by atoms with van der Waals surface area (Å²) < 4.78 is 11.3. The molecule has 2 fully saturated rings. The summed E-state index contributed by atoms with van der Waals surface area (Å²) in [6.07, 6.45) is 3.31. The highest BCUT2D eigenvalue weighted by atomic mass is 16.5. The topological polar surface area (TPSA) is 54.7 Å². The molecule has 1 atom stereocenters. The molecule has 1 aromatic heterocycles. The number of furan rings is 1. The number of ether oxygens (including phenoxy) is 1. The van der Waals surface area contributed by atoms with Gasteiger partial charge in [-0.25, -0.2) is 4.79 Å². The highest BCUT2D eigenvalue weighted by Crippen LogP contribution is 2.38. The van der Waals surface area contributed by atoms with Crippen molar-refractivity contribution in [2.75, 3.05) is 31.6 Å². The van der Waals surface area contributed by atoms with Crippen molar-refractivity contribution < 1.29 is 13.9 Å². The molecule has 0 aliphatic carbocycles. The molecule has 1 unspecified atom stereocenters. The number of likely N-dealkylation sites (tertiary alicyclic amines) is 1. The average Bonchev–Trinajstić information content (AvgIpc) is 3.11. The van der Waals surface area contributed by atoms with Crippen LogP contribution in [0, 0.1) is 19.3 Å². The van der Waals surface area contributed by atoms with Crippen molar-refractivity contribution in [2.24, 2.45) is 5.41 Å². The van der Waals surface area contributed by atoms with Gasteiger partial charge >= 0.3 is 6.03 Å². The number of nitrogens with one attached hydrogen (secondary N) is 1. The first-order valence-corrected chi connectivity index (χ1v) is 8.70. The van der Waals surface area contributed by atoms with E-state index in [4.69, 9.17) is 9.15 Å². The molecule has 4 rings (SSSR count). The molecular weight excluding hydrogens is 304 g/mol. The maximum atomic E-state index is 12.6. The molecule has 2 aliphatic rings. The van der Waals surface area contributed by atoms with Crippen molar-refractivity contribution >= 4 is 22.7 Å². The van der Waals surface area contributed by atoms with Crippen molar-refractivity contribution in [3.05, 3.63) is 29.5 Å². The summed E-state index contributed by atoms with van der Waals surface area (Å²) in [6, 6.07) is 5.80. The number of urea groups is 1. The Balaban J connectivity index is 1.47. The van der Waals surface area contributed by atoms with E-state index >= 15 is 0 Å². The van der Waals surface area contributed by atoms with Gasteiger partial charge in [-0.2, -0.15) is 0 Å². The second-order valence-electron chi connectivity index (χ2n) is 7.25. The Morgan fingerprint density at radius 1 is 1.29 bits per heavy atom. The van der Waals surface area contributed by atoms with Gasteiger partial charge in [0.15, 0.2) is 0 Å². The molecule has 1 aromatic carbocycles. The highest BCUT2D eigenvalue weighted by molar-refractivity contribution is 5.93. The fraction of sp³-hybridized carbons (Fsp3) is 0.526. The number of rotatable bonds is 1. The van der Waals surface area contributed by atoms with Gasteiger partial charge in [0, 0.05) is 36.2 Å². The summed E-state index contributed by atoms with van der Waals surface area (Å²) in [7, 11) is 0. The Bertz CT molecular complexity index is 774. The first kappa shape index (κ1) is 15.5. The maximum absolute atomic E-state index is 12.6. The van der Waals surface area contributed by atoms with Gasteiger partial charge in [-0.05, 0) is 56.9 Å². The van der Waals surface area contributed by atoms with Gasteiger partial charge in [0.2, 0.25) is 0 Å². The number of aryl methyl sites for hydroxylation is 2. The molecule has 1 spiro atoms. The van der Waals surface area contributed by atoms with Gasteiger partial charge < -0.3 is 19.4 Å². The summed E-state index contributed by atoms with van der Waals surface area (Å²) in [5.41, 5.74) is 2.98. The van der Waals surface area contributed by atoms with E-state index in [1.54, 1.807) is 0 Å². The van der Waals surface area contributed by atoms with Crippen molar-refractivity contribution in [2.45, 2.75) is 33.1 Å². The van der Waals surface area contributed by atoms with Crippen molar-refractivity contribution in [1.82, 2.24) is 4.90 Å². The molecular formula is C19H24N2O3. The predicted octanol–water partition coefficient (Wildman–Crippen LogP) is 4.08. The molecule has 2 amide bonds. The summed E-state index contributed by atoms with van der Waals surface area (Å²) in [6.45, 7) is 7.25. The zero-order chi connectivity index (χ0) is 16.7. The molecule has 0 saturated carbocycles. The number of carbonyl (C=O) groups excluding carboxylic acids is 1. The van der Waals surface area contributed by atoms with Crippen LogP contribution in [-0.4, -0.2) is 37.2 Å². The minimum atomic E-state index is -0.0188. The molecule has 0 radical (unpaired) electrons. The van der Waals surface area contributed by atoms with Crippen LogP contribution in [0.2, 0.25) is 0 Å². The van der Waals surface area contributed by atoms with Crippen LogP contribution in [0.3, 0.4) is 0 Å². The standard InChI is InChI=1S/C19H24N2O3/c1-13-14(2)24-17-5-4-15(10-16(13)17)20-18(22)21-8-7-19(11-21)6-3-9-23-12-19/h4-5,10H,3,6-9,11-12H2,1-2H3,(H,20,22). The van der Waals surface area contributed by atoms with Crippen LogP contribution in [-0.2, 0) is 4.74 Å². The van der Waals surface area contributed by atoms with Gasteiger partial charge in [-0.15, -0.1) is 0 Å². The first-order valence-electron chi connectivity index (χ1n) is 8.70. The van der Waals surface area contributed by atoms with Gasteiger partial charge in [0.05, 0.1) is 6.61 Å². The second-order valence-corrected chi connectivity index (χ2v) is 7.25. The van der Waals surface area contributed by atoms with E-state index in [2.05, 4.69) is 5.32 Å². The van der Waals surface area contributed by atoms with E-state index < -0.39 is 0 Å². The van der Waals surface area contributed by atoms with Crippen LogP contribution in [0.4, 0.5) is 10.5 Å². The number of hydrogen-bond acceptors (Lipinski definition) is 3. The molecule has 2 aliphatic heterocycles. The molecule has 5 heteroatoms. The SMILES string of the molecule is Cc1oc2ccc(NC(=O)N3CCC4(CCCOC4)C3)cc2c1C. The largest absolute Gasteiger partial charge is 0.461 e. The van der Waals surface area contributed by atoms with Crippen molar-refractivity contribution in [3.8, 4) is 0 Å². The number of fused-ring (bicyclic) bond motifs is 1. The number of amides is 2. The van der Waals surface area contributed by atoms with Gasteiger partial charge in [-0.1, -0.05) is 0 Å². The number of anilines is 1. The van der Waals surface area contributed by atoms with Crippen LogP contribution in [0.1, 0.15) is 30.6 Å². The number of hydrogen-bond donors (Lipinski definition) is 1. The lowest BCUT2D eigenvalue weighted by molar-refractivity contribution is -0.000213. The van der Waals surface area contributed by atoms with E-state index in [0.29, 0.717) is 0 Å². The number of nitrogens with zero attached hydrogens (tertiary/aromatic N) is 1. The second kappa shape index (κ2) is 5.81. The summed E-state index contributed by atoms with van der Waals surface area (Å²) >= 11 is 0. The lowest BCUT2D eigenvalue weighted by Gasteiger charge is -2.32. The van der Waals surface area contributed by atoms with E-state index in [1.807, 2.05) is 36.9 Å². The molecule has 0 bridgehead atoms.